The van der Waals surface area contributed by atoms with Gasteiger partial charge >= 0.3 is 0 Å². The minimum Gasteiger partial charge on any atom is -0.248 e. The maximum absolute atomic E-state index is 8.84. The van der Waals surface area contributed by atoms with Crippen molar-refractivity contribution < 1.29 is 0 Å². The summed E-state index contributed by atoms with van der Waals surface area (Å²) in [5, 5.41) is 11.7. The molecule has 0 spiro atoms. The Kier molecular flexibility index (Phi) is 3.75. The molecule has 0 aromatic carbocycles. The van der Waals surface area contributed by atoms with E-state index in [1.54, 1.807) is 17.5 Å². The molecule has 0 saturated heterocycles. The first-order valence-electron chi connectivity index (χ1n) is 4.17. The van der Waals surface area contributed by atoms with E-state index in [1.807, 2.05) is 5.38 Å². The largest absolute Gasteiger partial charge is 0.248 e. The SMILES string of the molecule is CCCCC(C#N)c1nccs1. The average molecular weight is 180 g/mol. The maximum atomic E-state index is 8.84. The zero-order valence-corrected chi connectivity index (χ0v) is 7.97. The van der Waals surface area contributed by atoms with Gasteiger partial charge in [0, 0.05) is 11.6 Å². The van der Waals surface area contributed by atoms with Crippen LogP contribution in [0.15, 0.2) is 11.6 Å². The zero-order valence-electron chi connectivity index (χ0n) is 7.16. The highest BCUT2D eigenvalue weighted by Crippen LogP contribution is 2.22. The summed E-state index contributed by atoms with van der Waals surface area (Å²) in [6.07, 6.45) is 4.96. The standard InChI is InChI=1S/C9H12N2S/c1-2-3-4-8(7-10)9-11-5-6-12-9/h5-6,8H,2-4H2,1H3. The van der Waals surface area contributed by atoms with Crippen molar-refractivity contribution in [1.29, 1.82) is 5.26 Å². The highest BCUT2D eigenvalue weighted by atomic mass is 32.1. The molecule has 3 heteroatoms. The summed E-state index contributed by atoms with van der Waals surface area (Å²) >= 11 is 1.57. The Morgan fingerprint density at radius 3 is 3.08 bits per heavy atom. The van der Waals surface area contributed by atoms with E-state index in [2.05, 4.69) is 18.0 Å². The van der Waals surface area contributed by atoms with Crippen LogP contribution in [0.1, 0.15) is 37.1 Å². The Morgan fingerprint density at radius 2 is 2.58 bits per heavy atom. The summed E-state index contributed by atoms with van der Waals surface area (Å²) in [4.78, 5) is 4.14. The van der Waals surface area contributed by atoms with Crippen molar-refractivity contribution in [1.82, 2.24) is 4.98 Å². The molecule has 0 saturated carbocycles. The molecule has 0 fully saturated rings. The summed E-state index contributed by atoms with van der Waals surface area (Å²) in [5.41, 5.74) is 0. The molecule has 1 atom stereocenters. The number of hydrogen-bond donors (Lipinski definition) is 0. The zero-order chi connectivity index (χ0) is 8.81. The van der Waals surface area contributed by atoms with Gasteiger partial charge in [0.2, 0.25) is 0 Å². The molecule has 0 amide bonds. The molecule has 0 radical (unpaired) electrons. The van der Waals surface area contributed by atoms with Gasteiger partial charge in [-0.25, -0.2) is 4.98 Å². The van der Waals surface area contributed by atoms with Crippen LogP contribution in [0.25, 0.3) is 0 Å². The Bertz CT molecular complexity index is 248. The third-order valence-electron chi connectivity index (χ3n) is 1.75. The summed E-state index contributed by atoms with van der Waals surface area (Å²) in [7, 11) is 0. The van der Waals surface area contributed by atoms with Gasteiger partial charge in [-0.3, -0.25) is 0 Å². The van der Waals surface area contributed by atoms with E-state index in [1.165, 1.54) is 0 Å². The predicted octanol–water partition coefficient (Wildman–Crippen LogP) is 2.94. The molecular weight excluding hydrogens is 168 g/mol. The number of thiazole rings is 1. The number of nitriles is 1. The highest BCUT2D eigenvalue weighted by molar-refractivity contribution is 7.09. The Hall–Kier alpha value is -0.880. The summed E-state index contributed by atoms with van der Waals surface area (Å²) < 4.78 is 0. The minimum atomic E-state index is 0.0185. The Morgan fingerprint density at radius 1 is 1.75 bits per heavy atom. The predicted molar refractivity (Wildman–Crippen MR) is 50.0 cm³/mol. The lowest BCUT2D eigenvalue weighted by Crippen LogP contribution is -1.94. The number of aromatic nitrogens is 1. The van der Waals surface area contributed by atoms with Crippen LogP contribution < -0.4 is 0 Å². The van der Waals surface area contributed by atoms with E-state index in [0.29, 0.717) is 0 Å². The molecule has 1 rings (SSSR count). The second kappa shape index (κ2) is 4.89. The third-order valence-corrected chi connectivity index (χ3v) is 2.64. The molecule has 1 aromatic heterocycles. The summed E-state index contributed by atoms with van der Waals surface area (Å²) in [6.45, 7) is 2.14. The van der Waals surface area contributed by atoms with Crippen molar-refractivity contribution in [3.63, 3.8) is 0 Å². The summed E-state index contributed by atoms with van der Waals surface area (Å²) in [6, 6.07) is 2.29. The quantitative estimate of drug-likeness (QED) is 0.714. The smallest absolute Gasteiger partial charge is 0.110 e. The van der Waals surface area contributed by atoms with Crippen molar-refractivity contribution in [2.45, 2.75) is 32.1 Å². The Labute approximate surface area is 76.9 Å². The first-order valence-corrected chi connectivity index (χ1v) is 5.05. The van der Waals surface area contributed by atoms with Gasteiger partial charge in [-0.1, -0.05) is 19.8 Å². The van der Waals surface area contributed by atoms with Crippen LogP contribution >= 0.6 is 11.3 Å². The fraction of sp³-hybridized carbons (Fsp3) is 0.556. The lowest BCUT2D eigenvalue weighted by Gasteiger charge is -2.02. The number of nitrogens with zero attached hydrogens (tertiary/aromatic N) is 2. The van der Waals surface area contributed by atoms with Crippen molar-refractivity contribution in [3.05, 3.63) is 16.6 Å². The lowest BCUT2D eigenvalue weighted by atomic mass is 10.1. The van der Waals surface area contributed by atoms with E-state index in [0.717, 1.165) is 24.3 Å². The molecule has 12 heavy (non-hydrogen) atoms. The highest BCUT2D eigenvalue weighted by Gasteiger charge is 2.11. The molecule has 0 aliphatic carbocycles. The normalized spacial score (nSPS) is 12.3. The number of rotatable bonds is 4. The van der Waals surface area contributed by atoms with E-state index in [-0.39, 0.29) is 5.92 Å². The molecule has 2 nitrogen and oxygen atoms in total. The van der Waals surface area contributed by atoms with Crippen LogP contribution in [-0.2, 0) is 0 Å². The number of hydrogen-bond acceptors (Lipinski definition) is 3. The van der Waals surface area contributed by atoms with Crippen LogP contribution in [0.4, 0.5) is 0 Å². The minimum absolute atomic E-state index is 0.0185. The van der Waals surface area contributed by atoms with E-state index in [9.17, 15) is 0 Å². The van der Waals surface area contributed by atoms with Crippen LogP contribution in [0.5, 0.6) is 0 Å². The molecule has 1 aromatic rings. The van der Waals surface area contributed by atoms with E-state index < -0.39 is 0 Å². The van der Waals surface area contributed by atoms with E-state index >= 15 is 0 Å². The molecule has 0 bridgehead atoms. The second-order valence-corrected chi connectivity index (χ2v) is 3.62. The van der Waals surface area contributed by atoms with Crippen molar-refractivity contribution >= 4 is 11.3 Å². The van der Waals surface area contributed by atoms with Gasteiger partial charge in [0.05, 0.1) is 12.0 Å². The van der Waals surface area contributed by atoms with Gasteiger partial charge in [-0.2, -0.15) is 5.26 Å². The van der Waals surface area contributed by atoms with Crippen LogP contribution in [0.3, 0.4) is 0 Å². The van der Waals surface area contributed by atoms with Gasteiger partial charge in [-0.05, 0) is 6.42 Å². The lowest BCUT2D eigenvalue weighted by molar-refractivity contribution is 0.668. The van der Waals surface area contributed by atoms with Crippen LogP contribution in [0, 0.1) is 11.3 Å². The van der Waals surface area contributed by atoms with Gasteiger partial charge in [0.15, 0.2) is 0 Å². The molecule has 0 aliphatic heterocycles. The molecule has 0 aliphatic rings. The molecular formula is C9H12N2S. The van der Waals surface area contributed by atoms with Crippen LogP contribution in [0.2, 0.25) is 0 Å². The molecule has 0 N–H and O–H groups in total. The summed E-state index contributed by atoms with van der Waals surface area (Å²) in [5.74, 6) is 0.0185. The van der Waals surface area contributed by atoms with Gasteiger partial charge in [0.25, 0.3) is 0 Å². The average Bonchev–Trinajstić information content (AvgIpc) is 2.59. The fourth-order valence-corrected chi connectivity index (χ4v) is 1.78. The fourth-order valence-electron chi connectivity index (χ4n) is 1.06. The maximum Gasteiger partial charge on any atom is 0.110 e. The van der Waals surface area contributed by atoms with Gasteiger partial charge < -0.3 is 0 Å². The third kappa shape index (κ3) is 2.31. The van der Waals surface area contributed by atoms with Gasteiger partial charge in [0.1, 0.15) is 5.01 Å². The monoisotopic (exact) mass is 180 g/mol. The molecule has 1 unspecified atom stereocenters. The van der Waals surface area contributed by atoms with Crippen molar-refractivity contribution in [2.75, 3.05) is 0 Å². The van der Waals surface area contributed by atoms with Crippen molar-refractivity contribution in [2.24, 2.45) is 0 Å². The van der Waals surface area contributed by atoms with Crippen molar-refractivity contribution in [3.8, 4) is 6.07 Å². The first kappa shape index (κ1) is 9.21. The topological polar surface area (TPSA) is 36.7 Å². The van der Waals surface area contributed by atoms with E-state index in [4.69, 9.17) is 5.26 Å². The molecule has 64 valence electrons. The molecule has 1 heterocycles. The number of unbranched alkanes of at least 4 members (excludes halogenated alkanes) is 1. The Balaban J connectivity index is 2.53. The van der Waals surface area contributed by atoms with Gasteiger partial charge in [-0.15, -0.1) is 11.3 Å². The second-order valence-electron chi connectivity index (χ2n) is 2.69. The van der Waals surface area contributed by atoms with Crippen LogP contribution in [-0.4, -0.2) is 4.98 Å². The first-order chi connectivity index (χ1) is 5.88.